The van der Waals surface area contributed by atoms with Crippen LogP contribution in [0.5, 0.6) is 0 Å². The third kappa shape index (κ3) is 4.83. The van der Waals surface area contributed by atoms with Crippen molar-refractivity contribution < 1.29 is 18.8 Å². The van der Waals surface area contributed by atoms with E-state index in [1.165, 1.54) is 7.11 Å². The van der Waals surface area contributed by atoms with Gasteiger partial charge in [0, 0.05) is 17.2 Å². The van der Waals surface area contributed by atoms with Crippen molar-refractivity contribution in [2.45, 2.75) is 31.2 Å². The Morgan fingerprint density at radius 3 is 2.70 bits per heavy atom. The van der Waals surface area contributed by atoms with Gasteiger partial charge in [0.1, 0.15) is 0 Å². The number of urea groups is 1. The topological polar surface area (TPSA) is 106 Å². The molecule has 2 aromatic carbocycles. The number of hydrogen-bond donors (Lipinski definition) is 2. The first-order chi connectivity index (χ1) is 14.6. The lowest BCUT2D eigenvalue weighted by molar-refractivity contribution is -0.141. The molecule has 8 heteroatoms. The van der Waals surface area contributed by atoms with Crippen LogP contribution < -0.4 is 10.6 Å². The minimum absolute atomic E-state index is 0.0277. The summed E-state index contributed by atoms with van der Waals surface area (Å²) in [6.07, 6.45) is 2.21. The summed E-state index contributed by atoms with van der Waals surface area (Å²) < 4.78 is 10.1. The second kappa shape index (κ2) is 8.77. The van der Waals surface area contributed by atoms with Crippen molar-refractivity contribution in [1.29, 1.82) is 0 Å². The molecule has 8 nitrogen and oxygen atoms in total. The first-order valence-corrected chi connectivity index (χ1v) is 9.75. The highest BCUT2D eigenvalue weighted by molar-refractivity contribution is 5.90. The van der Waals surface area contributed by atoms with Crippen molar-refractivity contribution in [3.63, 3.8) is 0 Å². The van der Waals surface area contributed by atoms with Crippen LogP contribution in [0.2, 0.25) is 0 Å². The Balaban J connectivity index is 1.44. The molecule has 3 aromatic rings. The highest BCUT2D eigenvalue weighted by Crippen LogP contribution is 2.39. The summed E-state index contributed by atoms with van der Waals surface area (Å²) in [4.78, 5) is 28.8. The molecule has 0 spiro atoms. The number of carbonyl (C=O) groups is 2. The second-order valence-corrected chi connectivity index (χ2v) is 7.15. The Morgan fingerprint density at radius 1 is 1.17 bits per heavy atom. The van der Waals surface area contributed by atoms with Crippen molar-refractivity contribution in [2.24, 2.45) is 0 Å². The van der Waals surface area contributed by atoms with Crippen molar-refractivity contribution in [1.82, 2.24) is 15.5 Å². The lowest BCUT2D eigenvalue weighted by Gasteiger charge is -2.18. The van der Waals surface area contributed by atoms with Gasteiger partial charge < -0.3 is 19.9 Å². The highest BCUT2D eigenvalue weighted by Gasteiger charge is 2.29. The zero-order valence-electron chi connectivity index (χ0n) is 16.5. The first kappa shape index (κ1) is 19.6. The van der Waals surface area contributed by atoms with E-state index in [-0.39, 0.29) is 6.42 Å². The van der Waals surface area contributed by atoms with Gasteiger partial charge in [-0.05, 0) is 36.6 Å². The maximum atomic E-state index is 12.6. The van der Waals surface area contributed by atoms with Gasteiger partial charge in [0.25, 0.3) is 5.89 Å². The summed E-state index contributed by atoms with van der Waals surface area (Å²) in [5.74, 6) is 1.15. The molecule has 1 heterocycles. The number of nitrogens with zero attached hydrogens (tertiary/aromatic N) is 2. The van der Waals surface area contributed by atoms with Gasteiger partial charge in [-0.3, -0.25) is 4.79 Å². The summed E-state index contributed by atoms with van der Waals surface area (Å²) >= 11 is 0. The van der Waals surface area contributed by atoms with E-state index in [0.29, 0.717) is 17.5 Å². The van der Waals surface area contributed by atoms with Crippen LogP contribution >= 0.6 is 0 Å². The molecule has 1 aliphatic carbocycles. The van der Waals surface area contributed by atoms with E-state index < -0.39 is 18.0 Å². The van der Waals surface area contributed by atoms with Crippen LogP contribution in [0.3, 0.4) is 0 Å². The van der Waals surface area contributed by atoms with Crippen LogP contribution in [0.1, 0.15) is 42.6 Å². The SMILES string of the molecule is COC(=O)C[C@H](NC(=O)Nc1cccc(-c2nc(C3CC3)no2)c1)c1ccccc1. The van der Waals surface area contributed by atoms with Gasteiger partial charge in [0.05, 0.1) is 19.6 Å². The number of amides is 2. The van der Waals surface area contributed by atoms with Crippen LogP contribution in [0.4, 0.5) is 10.5 Å². The molecule has 0 unspecified atom stereocenters. The number of benzene rings is 2. The average Bonchev–Trinajstić information content (AvgIpc) is 3.50. The third-order valence-electron chi connectivity index (χ3n) is 4.86. The minimum atomic E-state index is -0.515. The van der Waals surface area contributed by atoms with Gasteiger partial charge in [-0.1, -0.05) is 41.6 Å². The maximum absolute atomic E-state index is 12.6. The second-order valence-electron chi connectivity index (χ2n) is 7.15. The molecule has 0 radical (unpaired) electrons. The van der Waals surface area contributed by atoms with E-state index in [2.05, 4.69) is 20.8 Å². The first-order valence-electron chi connectivity index (χ1n) is 9.75. The van der Waals surface area contributed by atoms with Gasteiger partial charge in [-0.15, -0.1) is 0 Å². The highest BCUT2D eigenvalue weighted by atomic mass is 16.5. The Labute approximate surface area is 173 Å². The normalized spacial score (nSPS) is 14.0. The largest absolute Gasteiger partial charge is 0.469 e. The molecule has 1 fully saturated rings. The predicted molar refractivity (Wildman–Crippen MR) is 110 cm³/mol. The van der Waals surface area contributed by atoms with Crippen LogP contribution in [0.25, 0.3) is 11.5 Å². The molecule has 0 bridgehead atoms. The van der Waals surface area contributed by atoms with Crippen molar-refractivity contribution in [2.75, 3.05) is 12.4 Å². The van der Waals surface area contributed by atoms with Crippen molar-refractivity contribution in [3.8, 4) is 11.5 Å². The molecule has 1 saturated carbocycles. The number of ether oxygens (including phenoxy) is 1. The third-order valence-corrected chi connectivity index (χ3v) is 4.86. The van der Waals surface area contributed by atoms with Crippen molar-refractivity contribution in [3.05, 3.63) is 66.0 Å². The van der Waals surface area contributed by atoms with E-state index in [9.17, 15) is 9.59 Å². The number of rotatable bonds is 7. The number of carbonyl (C=O) groups excluding carboxylic acids is 2. The summed E-state index contributed by atoms with van der Waals surface area (Å²) in [5, 5.41) is 9.65. The Morgan fingerprint density at radius 2 is 1.97 bits per heavy atom. The standard InChI is InChI=1S/C22H22N4O4/c1-29-19(27)13-18(14-6-3-2-4-7-14)24-22(28)23-17-9-5-8-16(12-17)21-25-20(26-30-21)15-10-11-15/h2-9,12,15,18H,10-11,13H2,1H3,(H2,23,24,28)/t18-/m0/s1. The van der Waals surface area contributed by atoms with Gasteiger partial charge in [-0.2, -0.15) is 4.98 Å². The Kier molecular flexibility index (Phi) is 5.74. The quantitative estimate of drug-likeness (QED) is 0.574. The monoisotopic (exact) mass is 406 g/mol. The van der Waals surface area contributed by atoms with E-state index in [1.807, 2.05) is 36.4 Å². The average molecular weight is 406 g/mol. The Hall–Kier alpha value is -3.68. The van der Waals surface area contributed by atoms with Crippen LogP contribution in [-0.2, 0) is 9.53 Å². The molecular formula is C22H22N4O4. The molecule has 2 amide bonds. The molecule has 0 aliphatic heterocycles. The van der Waals surface area contributed by atoms with E-state index in [1.54, 1.807) is 18.2 Å². The van der Waals surface area contributed by atoms with Crippen LogP contribution in [0.15, 0.2) is 59.1 Å². The molecule has 1 atom stereocenters. The molecule has 1 aliphatic rings. The summed E-state index contributed by atoms with van der Waals surface area (Å²) in [6.45, 7) is 0. The van der Waals surface area contributed by atoms with Gasteiger partial charge in [-0.25, -0.2) is 4.79 Å². The predicted octanol–water partition coefficient (Wildman–Crippen LogP) is 4.04. The van der Waals surface area contributed by atoms with Crippen LogP contribution in [-0.4, -0.2) is 29.3 Å². The molecule has 30 heavy (non-hydrogen) atoms. The summed E-state index contributed by atoms with van der Waals surface area (Å²) in [6, 6.07) is 15.5. The molecular weight excluding hydrogens is 384 g/mol. The number of hydrogen-bond acceptors (Lipinski definition) is 6. The number of methoxy groups -OCH3 is 1. The summed E-state index contributed by atoms with van der Waals surface area (Å²) in [5.41, 5.74) is 2.10. The fourth-order valence-electron chi connectivity index (χ4n) is 3.10. The lowest BCUT2D eigenvalue weighted by Crippen LogP contribution is -2.34. The molecule has 4 rings (SSSR count). The number of aromatic nitrogens is 2. The zero-order valence-corrected chi connectivity index (χ0v) is 16.5. The van der Waals surface area contributed by atoms with Gasteiger partial charge >= 0.3 is 12.0 Å². The number of nitrogens with one attached hydrogen (secondary N) is 2. The lowest BCUT2D eigenvalue weighted by atomic mass is 10.0. The molecule has 154 valence electrons. The smallest absolute Gasteiger partial charge is 0.319 e. The van der Waals surface area contributed by atoms with E-state index in [4.69, 9.17) is 9.26 Å². The van der Waals surface area contributed by atoms with Gasteiger partial charge in [0.15, 0.2) is 5.82 Å². The minimum Gasteiger partial charge on any atom is -0.469 e. The van der Waals surface area contributed by atoms with E-state index in [0.717, 1.165) is 29.8 Å². The molecule has 0 saturated heterocycles. The summed E-state index contributed by atoms with van der Waals surface area (Å²) in [7, 11) is 1.32. The van der Waals surface area contributed by atoms with E-state index >= 15 is 0 Å². The van der Waals surface area contributed by atoms with Crippen LogP contribution in [0, 0.1) is 0 Å². The maximum Gasteiger partial charge on any atom is 0.319 e. The fraction of sp³-hybridized carbons (Fsp3) is 0.273. The number of anilines is 1. The van der Waals surface area contributed by atoms with Gasteiger partial charge in [0.2, 0.25) is 0 Å². The fourth-order valence-corrected chi connectivity index (χ4v) is 3.10. The molecule has 2 N–H and O–H groups in total. The van der Waals surface area contributed by atoms with Crippen molar-refractivity contribution >= 4 is 17.7 Å². The number of esters is 1. The Bertz CT molecular complexity index is 1030. The molecule has 1 aromatic heterocycles. The zero-order chi connectivity index (χ0) is 20.9.